The Morgan fingerprint density at radius 1 is 0.568 bits per heavy atom. The molecule has 0 aromatic carbocycles. The third kappa shape index (κ3) is 4.58. The van der Waals surface area contributed by atoms with Gasteiger partial charge in [-0.25, -0.2) is 0 Å². The Balaban J connectivity index is 0.917. The predicted molar refractivity (Wildman–Crippen MR) is 178 cm³/mol. The van der Waals surface area contributed by atoms with Gasteiger partial charge in [0.25, 0.3) is 0 Å². The van der Waals surface area contributed by atoms with E-state index >= 15 is 0 Å². The van der Waals surface area contributed by atoms with Crippen LogP contribution in [0.15, 0.2) is 129 Å². The average molecular weight is 583 g/mol. The number of ether oxygens (including phenoxy) is 2. The van der Waals surface area contributed by atoms with Crippen molar-refractivity contribution in [2.24, 2.45) is 23.7 Å². The van der Waals surface area contributed by atoms with Crippen molar-refractivity contribution in [1.29, 1.82) is 0 Å². The van der Waals surface area contributed by atoms with Crippen LogP contribution >= 0.6 is 0 Å². The third-order valence-electron chi connectivity index (χ3n) is 12.2. The first-order chi connectivity index (χ1) is 21.8. The van der Waals surface area contributed by atoms with Crippen molar-refractivity contribution in [3.8, 4) is 0 Å². The number of hydrogen-bond acceptors (Lipinski definition) is 2. The summed E-state index contributed by atoms with van der Waals surface area (Å²) in [7, 11) is 0. The van der Waals surface area contributed by atoms with E-state index in [0.29, 0.717) is 17.8 Å². The summed E-state index contributed by atoms with van der Waals surface area (Å²) in [6.45, 7) is 0. The van der Waals surface area contributed by atoms with E-state index in [-0.39, 0.29) is 12.2 Å². The third-order valence-corrected chi connectivity index (χ3v) is 12.2. The van der Waals surface area contributed by atoms with Crippen LogP contribution in [0.4, 0.5) is 0 Å². The molecule has 0 fully saturated rings. The first-order valence-corrected chi connectivity index (χ1v) is 17.8. The quantitative estimate of drug-likeness (QED) is 0.307. The van der Waals surface area contributed by atoms with Gasteiger partial charge in [-0.3, -0.25) is 0 Å². The Hall–Kier alpha value is -3.26. The lowest BCUT2D eigenvalue weighted by atomic mass is 9.73. The van der Waals surface area contributed by atoms with Crippen molar-refractivity contribution in [1.82, 2.24) is 0 Å². The maximum Gasteiger partial charge on any atom is 0.162 e. The van der Waals surface area contributed by atoms with Gasteiger partial charge in [-0.2, -0.15) is 0 Å². The van der Waals surface area contributed by atoms with E-state index < -0.39 is 0 Å². The molecule has 0 bridgehead atoms. The molecule has 44 heavy (non-hydrogen) atoms. The summed E-state index contributed by atoms with van der Waals surface area (Å²) in [6, 6.07) is 0. The molecule has 6 atom stereocenters. The summed E-state index contributed by atoms with van der Waals surface area (Å²) in [5, 5.41) is 0. The molecule has 2 aliphatic heterocycles. The molecule has 0 saturated carbocycles. The molecule has 0 N–H and O–H groups in total. The van der Waals surface area contributed by atoms with Crippen molar-refractivity contribution in [3.63, 3.8) is 0 Å². The van der Waals surface area contributed by atoms with Crippen LogP contribution in [0.2, 0.25) is 0 Å². The molecule has 7 aliphatic carbocycles. The molecule has 0 aromatic heterocycles. The van der Waals surface area contributed by atoms with Crippen LogP contribution in [0.3, 0.4) is 0 Å². The van der Waals surface area contributed by atoms with Gasteiger partial charge >= 0.3 is 0 Å². The second-order valence-corrected chi connectivity index (χ2v) is 14.5. The molecule has 2 heterocycles. The zero-order valence-corrected chi connectivity index (χ0v) is 26.1. The van der Waals surface area contributed by atoms with Crippen LogP contribution in [-0.4, -0.2) is 12.2 Å². The molecule has 0 spiro atoms. The second-order valence-electron chi connectivity index (χ2n) is 14.5. The van der Waals surface area contributed by atoms with E-state index in [2.05, 4.69) is 72.9 Å². The Morgan fingerprint density at radius 3 is 2.05 bits per heavy atom. The zero-order chi connectivity index (χ0) is 29.0. The minimum Gasteiger partial charge on any atom is -0.481 e. The van der Waals surface area contributed by atoms with Gasteiger partial charge in [0.05, 0.1) is 0 Å². The Morgan fingerprint density at radius 2 is 1.32 bits per heavy atom. The standard InChI is InChI=1S/C42H46O2/c1-3-9-27(10-4-1)29-17-21-31(22-18-29)33-13-7-15-35-37-25-26-38-36-16-8-14-34(40(36)44-42(38)41(37)43-39(33)35)32-23-19-30(20-24-32)28-11-5-2-6-12-28/h1,3,7-9,11,13-17,23,30-31,35-36,39-40H,2,4-6,10,12,18-22,24-26H2. The van der Waals surface area contributed by atoms with Crippen LogP contribution < -0.4 is 0 Å². The largest absolute Gasteiger partial charge is 0.481 e. The van der Waals surface area contributed by atoms with Crippen LogP contribution in [0.25, 0.3) is 0 Å². The van der Waals surface area contributed by atoms with Gasteiger partial charge in [-0.1, -0.05) is 78.5 Å². The number of hydrogen-bond donors (Lipinski definition) is 0. The van der Waals surface area contributed by atoms with Gasteiger partial charge in [0.15, 0.2) is 11.5 Å². The number of rotatable bonds is 4. The highest BCUT2D eigenvalue weighted by Crippen LogP contribution is 2.55. The fourth-order valence-corrected chi connectivity index (χ4v) is 9.79. The number of allylic oxidation sites excluding steroid dienone is 13. The van der Waals surface area contributed by atoms with Crippen molar-refractivity contribution in [2.45, 2.75) is 102 Å². The summed E-state index contributed by atoms with van der Waals surface area (Å²) in [4.78, 5) is 0. The molecule has 226 valence electrons. The fourth-order valence-electron chi connectivity index (χ4n) is 9.79. The first-order valence-electron chi connectivity index (χ1n) is 17.8. The molecule has 0 saturated heterocycles. The summed E-state index contributed by atoms with van der Waals surface area (Å²) >= 11 is 0. The van der Waals surface area contributed by atoms with Crippen molar-refractivity contribution < 1.29 is 9.47 Å². The van der Waals surface area contributed by atoms with E-state index in [1.807, 2.05) is 0 Å². The molecular weight excluding hydrogens is 536 g/mol. The van der Waals surface area contributed by atoms with Crippen LogP contribution in [0.5, 0.6) is 0 Å². The zero-order valence-electron chi connectivity index (χ0n) is 26.1. The lowest BCUT2D eigenvalue weighted by Crippen LogP contribution is -2.28. The summed E-state index contributed by atoms with van der Waals surface area (Å²) in [5.74, 6) is 4.22. The predicted octanol–water partition coefficient (Wildman–Crippen LogP) is 10.5. The van der Waals surface area contributed by atoms with Gasteiger partial charge in [0, 0.05) is 11.8 Å². The van der Waals surface area contributed by atoms with Crippen molar-refractivity contribution >= 4 is 0 Å². The molecule has 9 aliphatic rings. The highest BCUT2D eigenvalue weighted by Gasteiger charge is 2.49. The highest BCUT2D eigenvalue weighted by atomic mass is 16.5. The van der Waals surface area contributed by atoms with Crippen LogP contribution in [-0.2, 0) is 9.47 Å². The van der Waals surface area contributed by atoms with Crippen molar-refractivity contribution in [2.75, 3.05) is 0 Å². The maximum atomic E-state index is 7.03. The molecule has 6 unspecified atom stereocenters. The van der Waals surface area contributed by atoms with E-state index in [1.54, 1.807) is 16.7 Å². The topological polar surface area (TPSA) is 18.5 Å². The minimum absolute atomic E-state index is 0.108. The van der Waals surface area contributed by atoms with E-state index in [4.69, 9.17) is 9.47 Å². The molecule has 9 rings (SSSR count). The highest BCUT2D eigenvalue weighted by molar-refractivity contribution is 5.53. The van der Waals surface area contributed by atoms with Gasteiger partial charge < -0.3 is 9.47 Å². The smallest absolute Gasteiger partial charge is 0.162 e. The normalized spacial score (nSPS) is 35.6. The Bertz CT molecular complexity index is 1590. The second kappa shape index (κ2) is 11.3. The average Bonchev–Trinajstić information content (AvgIpc) is 3.68. The van der Waals surface area contributed by atoms with Crippen LogP contribution in [0, 0.1) is 23.7 Å². The molecule has 0 radical (unpaired) electrons. The van der Waals surface area contributed by atoms with E-state index in [0.717, 1.165) is 36.7 Å². The molecule has 2 heteroatoms. The van der Waals surface area contributed by atoms with Crippen molar-refractivity contribution in [3.05, 3.63) is 129 Å². The number of fused-ring (bicyclic) bond motifs is 5. The maximum absolute atomic E-state index is 7.03. The summed E-state index contributed by atoms with van der Waals surface area (Å²) in [5.41, 5.74) is 12.3. The van der Waals surface area contributed by atoms with Gasteiger partial charge in [0.2, 0.25) is 0 Å². The minimum atomic E-state index is 0.108. The Kier molecular flexibility index (Phi) is 6.94. The molecular formula is C42H46O2. The van der Waals surface area contributed by atoms with E-state index in [1.165, 1.54) is 98.5 Å². The van der Waals surface area contributed by atoms with Crippen LogP contribution in [0.1, 0.15) is 89.9 Å². The van der Waals surface area contributed by atoms with Gasteiger partial charge in [0.1, 0.15) is 12.2 Å². The lowest BCUT2D eigenvalue weighted by Gasteiger charge is -2.32. The SMILES string of the molecule is C1=CCCC(C2=CCC(C3=CC=CC4C5=C(OC34)C3=C(CC5)C4C=CC=C(C5=CCC(C6=CCCCC6)CC5)C4O3)CC2)=C1. The Labute approximate surface area is 263 Å². The monoisotopic (exact) mass is 582 g/mol. The molecule has 2 nitrogen and oxygen atoms in total. The molecule has 0 amide bonds. The summed E-state index contributed by atoms with van der Waals surface area (Å²) < 4.78 is 14.1. The molecule has 0 aromatic rings. The van der Waals surface area contributed by atoms with Gasteiger partial charge in [-0.05, 0) is 141 Å². The van der Waals surface area contributed by atoms with Gasteiger partial charge in [-0.15, -0.1) is 0 Å². The lowest BCUT2D eigenvalue weighted by molar-refractivity contribution is 0.101. The van der Waals surface area contributed by atoms with E-state index in [9.17, 15) is 0 Å². The summed E-state index contributed by atoms with van der Waals surface area (Å²) in [6.07, 6.45) is 46.1. The fraction of sp³-hybridized carbons (Fsp3) is 0.476. The first kappa shape index (κ1) is 27.1.